The van der Waals surface area contributed by atoms with Crippen molar-refractivity contribution < 1.29 is 14.1 Å². The molecule has 0 spiro atoms. The van der Waals surface area contributed by atoms with Crippen LogP contribution in [0.5, 0.6) is 11.5 Å². The van der Waals surface area contributed by atoms with Crippen LogP contribution in [0.1, 0.15) is 6.92 Å². The first-order valence-corrected chi connectivity index (χ1v) is 7.74. The van der Waals surface area contributed by atoms with Gasteiger partial charge >= 0.3 is 5.82 Å². The van der Waals surface area contributed by atoms with Gasteiger partial charge in [0.1, 0.15) is 18.0 Å². The van der Waals surface area contributed by atoms with E-state index in [1.165, 1.54) is 0 Å². The van der Waals surface area contributed by atoms with Crippen LogP contribution in [0.25, 0.3) is 22.8 Å². The molecule has 0 aliphatic rings. The Morgan fingerprint density at radius 2 is 1.42 bits per heavy atom. The van der Waals surface area contributed by atoms with Gasteiger partial charge in [0.25, 0.3) is 5.82 Å². The maximum absolute atomic E-state index is 6.36. The number of aryl methyl sites for hydroxylation is 1. The Bertz CT molecular complexity index is 823. The van der Waals surface area contributed by atoms with E-state index in [4.69, 9.17) is 15.3 Å². The fraction of sp³-hybridized carbons (Fsp3) is 0.222. The van der Waals surface area contributed by atoms with Gasteiger partial charge in [0.2, 0.25) is 0 Å². The van der Waals surface area contributed by atoms with Crippen LogP contribution in [-0.2, 0) is 6.54 Å². The van der Waals surface area contributed by atoms with Crippen molar-refractivity contribution in [3.63, 3.8) is 0 Å². The minimum atomic E-state index is 0.699. The molecule has 3 rings (SSSR count). The van der Waals surface area contributed by atoms with Gasteiger partial charge in [-0.15, -0.1) is 9.36 Å². The monoisotopic (exact) mass is 325 g/mol. The molecule has 124 valence electrons. The molecule has 0 fully saturated rings. The molecule has 0 unspecified atom stereocenters. The van der Waals surface area contributed by atoms with E-state index in [0.717, 1.165) is 28.5 Å². The van der Waals surface area contributed by atoms with Crippen molar-refractivity contribution in [3.05, 3.63) is 48.5 Å². The number of hydrogen-bond acceptors (Lipinski definition) is 4. The van der Waals surface area contributed by atoms with Gasteiger partial charge in [-0.05, 0) is 55.5 Å². The van der Waals surface area contributed by atoms with Gasteiger partial charge in [0.15, 0.2) is 0 Å². The molecule has 0 bridgehead atoms. The lowest BCUT2D eigenvalue weighted by Crippen LogP contribution is -2.47. The standard InChI is InChI=1S/C18H21N4O2/c1-4-21-18(14-7-11-16(24-3)12-8-14)22(19)17(20-21)13-5-9-15(23-2)10-6-13/h5-12H,4,19H2,1-3H3/q+1. The molecule has 3 aromatic rings. The first kappa shape index (κ1) is 15.9. The van der Waals surface area contributed by atoms with Gasteiger partial charge < -0.3 is 9.47 Å². The molecule has 0 radical (unpaired) electrons. The van der Waals surface area contributed by atoms with E-state index in [9.17, 15) is 0 Å². The van der Waals surface area contributed by atoms with Gasteiger partial charge in [0.05, 0.1) is 25.3 Å². The number of ether oxygens (including phenoxy) is 2. The van der Waals surface area contributed by atoms with E-state index in [-0.39, 0.29) is 0 Å². The summed E-state index contributed by atoms with van der Waals surface area (Å²) in [6, 6.07) is 15.5. The highest BCUT2D eigenvalue weighted by molar-refractivity contribution is 5.58. The molecule has 24 heavy (non-hydrogen) atoms. The average molecular weight is 325 g/mol. The Labute approximate surface area is 141 Å². The molecule has 0 aliphatic carbocycles. The van der Waals surface area contributed by atoms with E-state index < -0.39 is 0 Å². The number of nitrogen functional groups attached to an aromatic ring is 1. The quantitative estimate of drug-likeness (QED) is 0.577. The predicted octanol–water partition coefficient (Wildman–Crippen LogP) is 2.26. The number of aromatic nitrogens is 3. The van der Waals surface area contributed by atoms with Crippen LogP contribution >= 0.6 is 0 Å². The van der Waals surface area contributed by atoms with Crippen LogP contribution in [0.3, 0.4) is 0 Å². The molecule has 0 saturated carbocycles. The van der Waals surface area contributed by atoms with Crippen molar-refractivity contribution in [2.75, 3.05) is 20.1 Å². The fourth-order valence-electron chi connectivity index (χ4n) is 2.62. The van der Waals surface area contributed by atoms with E-state index in [1.54, 1.807) is 18.9 Å². The van der Waals surface area contributed by atoms with Crippen molar-refractivity contribution in [2.24, 2.45) is 0 Å². The van der Waals surface area contributed by atoms with E-state index in [1.807, 2.05) is 60.1 Å². The van der Waals surface area contributed by atoms with E-state index >= 15 is 0 Å². The third kappa shape index (κ3) is 2.78. The van der Waals surface area contributed by atoms with Crippen molar-refractivity contribution in [2.45, 2.75) is 13.5 Å². The molecule has 6 heteroatoms. The third-order valence-electron chi connectivity index (χ3n) is 3.91. The van der Waals surface area contributed by atoms with Crippen LogP contribution < -0.4 is 20.0 Å². The summed E-state index contributed by atoms with van der Waals surface area (Å²) in [7, 11) is 3.29. The summed E-state index contributed by atoms with van der Waals surface area (Å²) in [6.45, 7) is 2.76. The lowest BCUT2D eigenvalue weighted by atomic mass is 10.2. The molecule has 1 heterocycles. The molecule has 6 nitrogen and oxygen atoms in total. The minimum absolute atomic E-state index is 0.699. The summed E-state index contributed by atoms with van der Waals surface area (Å²) in [6.07, 6.45) is 0. The summed E-state index contributed by atoms with van der Waals surface area (Å²) < 4.78 is 13.9. The van der Waals surface area contributed by atoms with E-state index in [0.29, 0.717) is 12.4 Å². The van der Waals surface area contributed by atoms with Crippen molar-refractivity contribution >= 4 is 0 Å². The van der Waals surface area contributed by atoms with Gasteiger partial charge in [-0.3, -0.25) is 5.84 Å². The number of benzene rings is 2. The molecule has 0 atom stereocenters. The Hall–Kier alpha value is -3.02. The maximum Gasteiger partial charge on any atom is 0.330 e. The summed E-state index contributed by atoms with van der Waals surface area (Å²) in [5, 5.41) is 4.66. The Morgan fingerprint density at radius 1 is 0.917 bits per heavy atom. The molecule has 1 aromatic heterocycles. The minimum Gasteiger partial charge on any atom is -0.497 e. The van der Waals surface area contributed by atoms with Crippen molar-refractivity contribution in [1.82, 2.24) is 9.78 Å². The van der Waals surface area contributed by atoms with Crippen LogP contribution in [-0.4, -0.2) is 24.0 Å². The van der Waals surface area contributed by atoms with Crippen LogP contribution in [0.15, 0.2) is 48.5 Å². The molecular formula is C18H21N4O2+. The predicted molar refractivity (Wildman–Crippen MR) is 92.2 cm³/mol. The summed E-state index contributed by atoms with van der Waals surface area (Å²) >= 11 is 0. The molecular weight excluding hydrogens is 304 g/mol. The first-order valence-electron chi connectivity index (χ1n) is 7.74. The van der Waals surface area contributed by atoms with E-state index in [2.05, 4.69) is 5.10 Å². The van der Waals surface area contributed by atoms with Gasteiger partial charge in [-0.2, -0.15) is 0 Å². The van der Waals surface area contributed by atoms with Crippen molar-refractivity contribution in [1.29, 1.82) is 0 Å². The number of hydrogen-bond donors (Lipinski definition) is 1. The normalized spacial score (nSPS) is 10.6. The second kappa shape index (κ2) is 6.62. The highest BCUT2D eigenvalue weighted by Gasteiger charge is 2.26. The zero-order chi connectivity index (χ0) is 17.1. The Kier molecular flexibility index (Phi) is 4.37. The zero-order valence-electron chi connectivity index (χ0n) is 14.1. The Morgan fingerprint density at radius 3 is 1.88 bits per heavy atom. The molecule has 0 amide bonds. The summed E-state index contributed by atoms with van der Waals surface area (Å²) in [4.78, 5) is 0. The van der Waals surface area contributed by atoms with Gasteiger partial charge in [0, 0.05) is 5.10 Å². The van der Waals surface area contributed by atoms with Crippen LogP contribution in [0.2, 0.25) is 0 Å². The number of nitrogens with zero attached hydrogens (tertiary/aromatic N) is 3. The molecule has 2 aromatic carbocycles. The topological polar surface area (TPSA) is 66.2 Å². The number of rotatable bonds is 5. The highest BCUT2D eigenvalue weighted by atomic mass is 16.5. The maximum atomic E-state index is 6.36. The first-order chi connectivity index (χ1) is 11.7. The molecule has 2 N–H and O–H groups in total. The second-order valence-electron chi connectivity index (χ2n) is 5.29. The van der Waals surface area contributed by atoms with Crippen LogP contribution in [0.4, 0.5) is 0 Å². The molecule has 0 saturated heterocycles. The summed E-state index contributed by atoms with van der Waals surface area (Å²) in [5.41, 5.74) is 1.91. The highest BCUT2D eigenvalue weighted by Crippen LogP contribution is 2.23. The third-order valence-corrected chi connectivity index (χ3v) is 3.91. The average Bonchev–Trinajstić information content (AvgIpc) is 2.98. The second-order valence-corrected chi connectivity index (χ2v) is 5.29. The summed E-state index contributed by atoms with van der Waals surface area (Å²) in [5.74, 6) is 9.50. The van der Waals surface area contributed by atoms with Crippen LogP contribution in [0, 0.1) is 0 Å². The van der Waals surface area contributed by atoms with Crippen molar-refractivity contribution in [3.8, 4) is 34.3 Å². The smallest absolute Gasteiger partial charge is 0.330 e. The SMILES string of the molecule is CCn1nc(-c2ccc(OC)cc2)[n+](N)c1-c1ccc(OC)cc1. The van der Waals surface area contributed by atoms with Gasteiger partial charge in [-0.1, -0.05) is 0 Å². The number of methoxy groups -OCH3 is 2. The lowest BCUT2D eigenvalue weighted by Gasteiger charge is -2.02. The largest absolute Gasteiger partial charge is 0.497 e. The zero-order valence-corrected chi connectivity index (χ0v) is 14.1. The Balaban J connectivity index is 2.07. The molecule has 0 aliphatic heterocycles. The fourth-order valence-corrected chi connectivity index (χ4v) is 2.62. The number of nitrogens with two attached hydrogens (primary N) is 1. The van der Waals surface area contributed by atoms with Gasteiger partial charge in [-0.25, -0.2) is 0 Å². The lowest BCUT2D eigenvalue weighted by molar-refractivity contribution is -0.616.